The zero-order chi connectivity index (χ0) is 18.8. The molecule has 2 heterocycles. The fourth-order valence-electron chi connectivity index (χ4n) is 2.47. The summed E-state index contributed by atoms with van der Waals surface area (Å²) in [6.07, 6.45) is 0. The third kappa shape index (κ3) is 3.25. The van der Waals surface area contributed by atoms with Gasteiger partial charge in [0, 0.05) is 17.5 Å². The van der Waals surface area contributed by atoms with Gasteiger partial charge in [-0.2, -0.15) is 4.68 Å². The van der Waals surface area contributed by atoms with Gasteiger partial charge in [0.1, 0.15) is 11.3 Å². The smallest absolute Gasteiger partial charge is 0.345 e. The van der Waals surface area contributed by atoms with Gasteiger partial charge in [-0.1, -0.05) is 5.10 Å². The second-order valence-corrected chi connectivity index (χ2v) is 5.47. The number of rotatable bonds is 4. The molecule has 0 saturated carbocycles. The predicted molar refractivity (Wildman–Crippen MR) is 93.1 cm³/mol. The van der Waals surface area contributed by atoms with E-state index in [4.69, 9.17) is 9.15 Å². The Morgan fingerprint density at radius 3 is 2.63 bits per heavy atom. The lowest BCUT2D eigenvalue weighted by atomic mass is 10.2. The summed E-state index contributed by atoms with van der Waals surface area (Å²) in [5.74, 6) is -0.0357. The minimum absolute atomic E-state index is 0.110. The number of hydrogen-bond donors (Lipinski definition) is 0. The highest BCUT2D eigenvalue weighted by atomic mass is 16.5. The van der Waals surface area contributed by atoms with Gasteiger partial charge in [0.05, 0.1) is 18.4 Å². The second kappa shape index (κ2) is 6.71. The topological polar surface area (TPSA) is 109 Å². The Kier molecular flexibility index (Phi) is 4.09. The Bertz CT molecular complexity index is 1180. The van der Waals surface area contributed by atoms with E-state index in [0.29, 0.717) is 22.6 Å². The van der Waals surface area contributed by atoms with Crippen LogP contribution in [-0.2, 0) is 4.74 Å². The number of aromatic nitrogens is 4. The number of carbonyl (C=O) groups is 1. The van der Waals surface area contributed by atoms with E-state index in [0.717, 1.165) is 5.39 Å². The molecule has 0 fully saturated rings. The first-order chi connectivity index (χ1) is 13.1. The van der Waals surface area contributed by atoms with Gasteiger partial charge in [0.15, 0.2) is 0 Å². The maximum Gasteiger partial charge on any atom is 0.345 e. The van der Waals surface area contributed by atoms with Crippen molar-refractivity contribution >= 4 is 16.9 Å². The van der Waals surface area contributed by atoms with Crippen LogP contribution in [0.5, 0.6) is 11.8 Å². The molecule has 9 heteroatoms. The predicted octanol–water partition coefficient (Wildman–Crippen LogP) is 2.35. The van der Waals surface area contributed by atoms with Crippen molar-refractivity contribution < 1.29 is 18.7 Å². The van der Waals surface area contributed by atoms with Crippen LogP contribution in [-0.4, -0.2) is 33.3 Å². The fourth-order valence-corrected chi connectivity index (χ4v) is 2.47. The van der Waals surface area contributed by atoms with E-state index in [2.05, 4.69) is 20.3 Å². The largest absolute Gasteiger partial charge is 0.465 e. The number of esters is 1. The van der Waals surface area contributed by atoms with Crippen LogP contribution in [0, 0.1) is 0 Å². The number of nitrogens with zero attached hydrogens (tertiary/aromatic N) is 4. The van der Waals surface area contributed by atoms with Gasteiger partial charge in [-0.25, -0.2) is 9.59 Å². The highest BCUT2D eigenvalue weighted by Crippen LogP contribution is 2.25. The molecule has 0 unspecified atom stereocenters. The molecule has 0 aliphatic heterocycles. The molecule has 0 spiro atoms. The molecule has 134 valence electrons. The van der Waals surface area contributed by atoms with Crippen molar-refractivity contribution in [3.8, 4) is 17.4 Å². The molecule has 0 N–H and O–H groups in total. The molecular formula is C18H12N4O5. The molecule has 27 heavy (non-hydrogen) atoms. The van der Waals surface area contributed by atoms with E-state index >= 15 is 0 Å². The summed E-state index contributed by atoms with van der Waals surface area (Å²) in [5, 5.41) is 12.1. The average Bonchev–Trinajstić information content (AvgIpc) is 3.15. The number of hydrogen-bond acceptors (Lipinski definition) is 8. The van der Waals surface area contributed by atoms with Crippen molar-refractivity contribution in [1.29, 1.82) is 0 Å². The molecule has 0 saturated heterocycles. The molecule has 4 rings (SSSR count). The number of benzene rings is 2. The Hall–Kier alpha value is -4.01. The summed E-state index contributed by atoms with van der Waals surface area (Å²) >= 11 is 0. The van der Waals surface area contributed by atoms with E-state index in [1.54, 1.807) is 48.5 Å². The van der Waals surface area contributed by atoms with Crippen molar-refractivity contribution in [2.45, 2.75) is 0 Å². The third-order valence-corrected chi connectivity index (χ3v) is 3.78. The first-order valence-electron chi connectivity index (χ1n) is 7.83. The highest BCUT2D eigenvalue weighted by Gasteiger charge is 2.13. The number of methoxy groups -OCH3 is 1. The molecule has 0 radical (unpaired) electrons. The molecule has 2 aromatic heterocycles. The van der Waals surface area contributed by atoms with Gasteiger partial charge < -0.3 is 13.9 Å². The van der Waals surface area contributed by atoms with Crippen LogP contribution in [0.25, 0.3) is 16.7 Å². The first-order valence-corrected chi connectivity index (χ1v) is 7.83. The summed E-state index contributed by atoms with van der Waals surface area (Å²) in [6, 6.07) is 14.7. The summed E-state index contributed by atoms with van der Waals surface area (Å²) in [6.45, 7) is 0. The highest BCUT2D eigenvalue weighted by molar-refractivity contribution is 5.89. The lowest BCUT2D eigenvalue weighted by molar-refractivity contribution is 0.0600. The van der Waals surface area contributed by atoms with E-state index in [1.807, 2.05) is 0 Å². The van der Waals surface area contributed by atoms with Crippen molar-refractivity contribution in [3.05, 3.63) is 70.6 Å². The molecule has 9 nitrogen and oxygen atoms in total. The van der Waals surface area contributed by atoms with Crippen molar-refractivity contribution in [2.24, 2.45) is 0 Å². The SMILES string of the molecule is COC(=O)c1ccc(-n2nnnc2Oc2ccc3ccc(=O)oc3c2)cc1. The fraction of sp³-hybridized carbons (Fsp3) is 0.0556. The number of fused-ring (bicyclic) bond motifs is 1. The Labute approximate surface area is 151 Å². The third-order valence-electron chi connectivity index (χ3n) is 3.78. The minimum Gasteiger partial charge on any atom is -0.465 e. The lowest BCUT2D eigenvalue weighted by Gasteiger charge is -2.07. The normalized spacial score (nSPS) is 10.7. The van der Waals surface area contributed by atoms with E-state index in [-0.39, 0.29) is 6.01 Å². The average molecular weight is 364 g/mol. The molecule has 4 aromatic rings. The zero-order valence-corrected chi connectivity index (χ0v) is 14.0. The Morgan fingerprint density at radius 1 is 1.07 bits per heavy atom. The summed E-state index contributed by atoms with van der Waals surface area (Å²) in [4.78, 5) is 22.9. The van der Waals surface area contributed by atoms with Gasteiger partial charge in [0.25, 0.3) is 0 Å². The van der Waals surface area contributed by atoms with E-state index < -0.39 is 11.6 Å². The zero-order valence-electron chi connectivity index (χ0n) is 14.0. The van der Waals surface area contributed by atoms with Gasteiger partial charge in [0.2, 0.25) is 0 Å². The van der Waals surface area contributed by atoms with Crippen LogP contribution >= 0.6 is 0 Å². The van der Waals surface area contributed by atoms with Gasteiger partial charge >= 0.3 is 17.6 Å². The Morgan fingerprint density at radius 2 is 1.85 bits per heavy atom. The number of tetrazole rings is 1. The monoisotopic (exact) mass is 364 g/mol. The number of ether oxygens (including phenoxy) is 2. The summed E-state index contributed by atoms with van der Waals surface area (Å²) in [5.41, 5.74) is 0.938. The van der Waals surface area contributed by atoms with Gasteiger partial charge in [-0.15, -0.1) is 0 Å². The van der Waals surface area contributed by atoms with E-state index in [1.165, 1.54) is 17.9 Å². The standard InChI is InChI=1S/C18H12N4O5/c1-25-17(24)12-2-6-13(7-3-12)22-18(19-20-21-22)26-14-8-4-11-5-9-16(23)27-15(11)10-14/h2-10H,1H3. The molecule has 0 aliphatic carbocycles. The van der Waals surface area contributed by atoms with Crippen LogP contribution < -0.4 is 10.4 Å². The van der Waals surface area contributed by atoms with Crippen molar-refractivity contribution in [2.75, 3.05) is 7.11 Å². The van der Waals surface area contributed by atoms with Gasteiger partial charge in [-0.3, -0.25) is 0 Å². The van der Waals surface area contributed by atoms with Crippen molar-refractivity contribution in [3.63, 3.8) is 0 Å². The lowest BCUT2D eigenvalue weighted by Crippen LogP contribution is -2.03. The molecule has 0 aliphatic rings. The van der Waals surface area contributed by atoms with Crippen LogP contribution in [0.3, 0.4) is 0 Å². The summed E-state index contributed by atoms with van der Waals surface area (Å²) in [7, 11) is 1.31. The van der Waals surface area contributed by atoms with Crippen LogP contribution in [0.1, 0.15) is 10.4 Å². The van der Waals surface area contributed by atoms with Crippen LogP contribution in [0.2, 0.25) is 0 Å². The maximum absolute atomic E-state index is 11.5. The van der Waals surface area contributed by atoms with Crippen LogP contribution in [0.15, 0.2) is 63.8 Å². The number of carbonyl (C=O) groups excluding carboxylic acids is 1. The minimum atomic E-state index is -0.449. The quantitative estimate of drug-likeness (QED) is 0.401. The molecular weight excluding hydrogens is 352 g/mol. The maximum atomic E-state index is 11.5. The second-order valence-electron chi connectivity index (χ2n) is 5.47. The first kappa shape index (κ1) is 16.5. The Balaban J connectivity index is 1.64. The summed E-state index contributed by atoms with van der Waals surface area (Å²) < 4.78 is 16.9. The molecule has 0 atom stereocenters. The molecule has 0 amide bonds. The molecule has 2 aromatic carbocycles. The van der Waals surface area contributed by atoms with Gasteiger partial charge in [-0.05, 0) is 52.9 Å². The van der Waals surface area contributed by atoms with E-state index in [9.17, 15) is 9.59 Å². The van der Waals surface area contributed by atoms with Crippen molar-refractivity contribution in [1.82, 2.24) is 20.2 Å². The van der Waals surface area contributed by atoms with Crippen LogP contribution in [0.4, 0.5) is 0 Å². The molecule has 0 bridgehead atoms.